The monoisotopic (exact) mass is 212 g/mol. The molecule has 1 N–H and O–H groups in total. The number of hydrogen-bond acceptors (Lipinski definition) is 2. The molecule has 1 aliphatic heterocycles. The molecule has 0 radical (unpaired) electrons. The van der Waals surface area contributed by atoms with Crippen molar-refractivity contribution in [2.24, 2.45) is 0 Å². The number of rotatable bonds is 6. The average Bonchev–Trinajstić information content (AvgIpc) is 2.22. The van der Waals surface area contributed by atoms with E-state index in [0.29, 0.717) is 6.04 Å². The molecule has 0 spiro atoms. The summed E-state index contributed by atoms with van der Waals surface area (Å²) in [6.07, 6.45) is 6.59. The predicted octanol–water partition coefficient (Wildman–Crippen LogP) is 2.64. The SMILES string of the molecule is CCCC(C)NC1CCN(CCC)CC1. The van der Waals surface area contributed by atoms with Gasteiger partial charge in [-0.05, 0) is 52.2 Å². The molecular formula is C13H28N2. The molecule has 1 rings (SSSR count). The van der Waals surface area contributed by atoms with Crippen LogP contribution in [0.2, 0.25) is 0 Å². The van der Waals surface area contributed by atoms with Crippen molar-refractivity contribution in [2.45, 2.75) is 65.0 Å². The summed E-state index contributed by atoms with van der Waals surface area (Å²) in [5, 5.41) is 3.76. The molecule has 1 fully saturated rings. The van der Waals surface area contributed by atoms with Crippen molar-refractivity contribution in [3.05, 3.63) is 0 Å². The largest absolute Gasteiger partial charge is 0.311 e. The van der Waals surface area contributed by atoms with Gasteiger partial charge in [-0.1, -0.05) is 20.3 Å². The topological polar surface area (TPSA) is 15.3 Å². The fourth-order valence-corrected chi connectivity index (χ4v) is 2.56. The molecule has 0 aliphatic carbocycles. The van der Waals surface area contributed by atoms with E-state index < -0.39 is 0 Å². The van der Waals surface area contributed by atoms with Gasteiger partial charge in [0, 0.05) is 12.1 Å². The lowest BCUT2D eigenvalue weighted by molar-refractivity contribution is 0.191. The minimum atomic E-state index is 0.706. The van der Waals surface area contributed by atoms with Crippen LogP contribution in [-0.4, -0.2) is 36.6 Å². The van der Waals surface area contributed by atoms with Gasteiger partial charge in [0.05, 0.1) is 0 Å². The summed E-state index contributed by atoms with van der Waals surface area (Å²) >= 11 is 0. The maximum absolute atomic E-state index is 3.76. The average molecular weight is 212 g/mol. The lowest BCUT2D eigenvalue weighted by atomic mass is 10.0. The van der Waals surface area contributed by atoms with Crippen molar-refractivity contribution < 1.29 is 0 Å². The Morgan fingerprint density at radius 1 is 1.20 bits per heavy atom. The van der Waals surface area contributed by atoms with Crippen LogP contribution in [0.5, 0.6) is 0 Å². The van der Waals surface area contributed by atoms with Gasteiger partial charge in [0.2, 0.25) is 0 Å². The van der Waals surface area contributed by atoms with Gasteiger partial charge in [0.15, 0.2) is 0 Å². The third kappa shape index (κ3) is 4.98. The van der Waals surface area contributed by atoms with Crippen molar-refractivity contribution in [1.82, 2.24) is 10.2 Å². The highest BCUT2D eigenvalue weighted by Gasteiger charge is 2.19. The van der Waals surface area contributed by atoms with E-state index in [0.717, 1.165) is 6.04 Å². The number of nitrogens with one attached hydrogen (secondary N) is 1. The van der Waals surface area contributed by atoms with Crippen LogP contribution in [0.4, 0.5) is 0 Å². The summed E-state index contributed by atoms with van der Waals surface area (Å²) in [5.41, 5.74) is 0. The zero-order valence-electron chi connectivity index (χ0n) is 10.8. The minimum absolute atomic E-state index is 0.706. The second kappa shape index (κ2) is 7.24. The molecule has 2 heteroatoms. The zero-order valence-corrected chi connectivity index (χ0v) is 10.8. The second-order valence-electron chi connectivity index (χ2n) is 4.97. The first-order chi connectivity index (χ1) is 7.26. The summed E-state index contributed by atoms with van der Waals surface area (Å²) in [4.78, 5) is 2.60. The minimum Gasteiger partial charge on any atom is -0.311 e. The molecule has 0 amide bonds. The molecule has 0 bridgehead atoms. The first-order valence-electron chi connectivity index (χ1n) is 6.74. The fourth-order valence-electron chi connectivity index (χ4n) is 2.56. The number of nitrogens with zero attached hydrogens (tertiary/aromatic N) is 1. The first-order valence-corrected chi connectivity index (χ1v) is 6.74. The summed E-state index contributed by atoms with van der Waals surface area (Å²) in [6, 6.07) is 1.48. The van der Waals surface area contributed by atoms with Gasteiger partial charge in [0.1, 0.15) is 0 Å². The van der Waals surface area contributed by atoms with Crippen LogP contribution in [-0.2, 0) is 0 Å². The van der Waals surface area contributed by atoms with Gasteiger partial charge in [-0.25, -0.2) is 0 Å². The molecule has 0 aromatic carbocycles. The third-order valence-electron chi connectivity index (χ3n) is 3.37. The lowest BCUT2D eigenvalue weighted by Gasteiger charge is -2.33. The Morgan fingerprint density at radius 3 is 2.40 bits per heavy atom. The molecular weight excluding hydrogens is 184 g/mol. The van der Waals surface area contributed by atoms with Crippen LogP contribution in [0.1, 0.15) is 52.9 Å². The van der Waals surface area contributed by atoms with Crippen molar-refractivity contribution >= 4 is 0 Å². The lowest BCUT2D eigenvalue weighted by Crippen LogP contribution is -2.45. The molecule has 1 heterocycles. The predicted molar refractivity (Wildman–Crippen MR) is 67.3 cm³/mol. The Bertz CT molecular complexity index is 151. The first kappa shape index (κ1) is 13.0. The second-order valence-corrected chi connectivity index (χ2v) is 4.97. The van der Waals surface area contributed by atoms with E-state index in [-0.39, 0.29) is 0 Å². The molecule has 0 aromatic heterocycles. The highest BCUT2D eigenvalue weighted by molar-refractivity contribution is 4.79. The van der Waals surface area contributed by atoms with E-state index in [2.05, 4.69) is 31.0 Å². The van der Waals surface area contributed by atoms with Crippen LogP contribution >= 0.6 is 0 Å². The van der Waals surface area contributed by atoms with Crippen LogP contribution in [0.25, 0.3) is 0 Å². The van der Waals surface area contributed by atoms with E-state index in [1.807, 2.05) is 0 Å². The van der Waals surface area contributed by atoms with E-state index >= 15 is 0 Å². The zero-order chi connectivity index (χ0) is 11.1. The van der Waals surface area contributed by atoms with Gasteiger partial charge in [-0.2, -0.15) is 0 Å². The van der Waals surface area contributed by atoms with Gasteiger partial charge in [0.25, 0.3) is 0 Å². The fraction of sp³-hybridized carbons (Fsp3) is 1.00. The van der Waals surface area contributed by atoms with Crippen LogP contribution in [0.3, 0.4) is 0 Å². The Balaban J connectivity index is 2.14. The molecule has 0 aromatic rings. The standard InChI is InChI=1S/C13H28N2/c1-4-6-12(3)14-13-7-10-15(9-5-2)11-8-13/h12-14H,4-11H2,1-3H3. The Kier molecular flexibility index (Phi) is 6.26. The van der Waals surface area contributed by atoms with Crippen molar-refractivity contribution in [1.29, 1.82) is 0 Å². The summed E-state index contributed by atoms with van der Waals surface area (Å²) in [7, 11) is 0. The van der Waals surface area contributed by atoms with Crippen LogP contribution in [0, 0.1) is 0 Å². The Hall–Kier alpha value is -0.0800. The summed E-state index contributed by atoms with van der Waals surface area (Å²) in [6.45, 7) is 10.7. The highest BCUT2D eigenvalue weighted by Crippen LogP contribution is 2.12. The van der Waals surface area contributed by atoms with E-state index in [1.165, 1.54) is 51.7 Å². The molecule has 1 unspecified atom stereocenters. The van der Waals surface area contributed by atoms with Crippen LogP contribution < -0.4 is 5.32 Å². The van der Waals surface area contributed by atoms with Crippen molar-refractivity contribution in [3.63, 3.8) is 0 Å². The van der Waals surface area contributed by atoms with Crippen molar-refractivity contribution in [3.8, 4) is 0 Å². The van der Waals surface area contributed by atoms with Crippen molar-refractivity contribution in [2.75, 3.05) is 19.6 Å². The Labute approximate surface area is 95.4 Å². The quantitative estimate of drug-likeness (QED) is 0.728. The molecule has 1 aliphatic rings. The molecule has 1 saturated heterocycles. The molecule has 2 nitrogen and oxygen atoms in total. The third-order valence-corrected chi connectivity index (χ3v) is 3.37. The maximum atomic E-state index is 3.76. The molecule has 15 heavy (non-hydrogen) atoms. The molecule has 0 saturated carbocycles. The molecule has 90 valence electrons. The van der Waals surface area contributed by atoms with Gasteiger partial charge < -0.3 is 10.2 Å². The maximum Gasteiger partial charge on any atom is 0.00938 e. The van der Waals surface area contributed by atoms with Gasteiger partial charge >= 0.3 is 0 Å². The number of hydrogen-bond donors (Lipinski definition) is 1. The van der Waals surface area contributed by atoms with E-state index in [9.17, 15) is 0 Å². The summed E-state index contributed by atoms with van der Waals surface area (Å²) in [5.74, 6) is 0. The number of likely N-dealkylation sites (tertiary alicyclic amines) is 1. The van der Waals surface area contributed by atoms with Crippen LogP contribution in [0.15, 0.2) is 0 Å². The van der Waals surface area contributed by atoms with Gasteiger partial charge in [-0.3, -0.25) is 0 Å². The van der Waals surface area contributed by atoms with E-state index in [1.54, 1.807) is 0 Å². The normalized spacial score (nSPS) is 21.8. The summed E-state index contributed by atoms with van der Waals surface area (Å²) < 4.78 is 0. The van der Waals surface area contributed by atoms with Gasteiger partial charge in [-0.15, -0.1) is 0 Å². The number of piperidine rings is 1. The smallest absolute Gasteiger partial charge is 0.00938 e. The van der Waals surface area contributed by atoms with E-state index in [4.69, 9.17) is 0 Å². The Morgan fingerprint density at radius 2 is 1.87 bits per heavy atom. The molecule has 1 atom stereocenters. The highest BCUT2D eigenvalue weighted by atomic mass is 15.1.